The lowest BCUT2D eigenvalue weighted by atomic mass is 10.2. The number of fused-ring (bicyclic) bond motifs is 1. The van der Waals surface area contributed by atoms with Crippen LogP contribution in [-0.4, -0.2) is 49.6 Å². The Kier molecular flexibility index (Phi) is 8.79. The number of anilines is 4. The highest BCUT2D eigenvalue weighted by atomic mass is 32.2. The van der Waals surface area contributed by atoms with E-state index in [9.17, 15) is 18.3 Å². The number of benzene rings is 3. The lowest BCUT2D eigenvalue weighted by Crippen LogP contribution is -2.28. The van der Waals surface area contributed by atoms with E-state index in [1.165, 1.54) is 31.4 Å². The summed E-state index contributed by atoms with van der Waals surface area (Å²) < 4.78 is 34.5. The third-order valence-electron chi connectivity index (χ3n) is 5.61. The molecular weight excluding hydrogens is 520 g/mol. The smallest absolute Gasteiger partial charge is 0.263 e. The number of rotatable bonds is 12. The number of sulfonamides is 1. The molecule has 11 nitrogen and oxygen atoms in total. The van der Waals surface area contributed by atoms with E-state index in [0.29, 0.717) is 28.2 Å². The summed E-state index contributed by atoms with van der Waals surface area (Å²) in [5.74, 6) is 0.139. The molecule has 4 aromatic rings. The molecule has 0 saturated heterocycles. The zero-order valence-corrected chi connectivity index (χ0v) is 22.4. The zero-order valence-electron chi connectivity index (χ0n) is 21.6. The summed E-state index contributed by atoms with van der Waals surface area (Å²) in [6, 6.07) is 17.5. The standard InChI is InChI=1S/C27H30N6O5S/c1-3-4-12-28-17-25(35)29-18-8-7-9-22(15-18)39(36,37)33-27-26(31-23-10-5-6-11-24(23)32-27)30-19-13-20(34)16-21(14-19)38-2/h5-11,13-16,28,34H,3-4,12,17H2,1-2H3,(H,29,35)(H,30,31)(H,32,33). The average molecular weight is 551 g/mol. The Morgan fingerprint density at radius 1 is 0.949 bits per heavy atom. The molecule has 0 spiro atoms. The van der Waals surface area contributed by atoms with Gasteiger partial charge in [-0.25, -0.2) is 18.4 Å². The van der Waals surface area contributed by atoms with Crippen LogP contribution in [0.5, 0.6) is 11.5 Å². The molecule has 0 atom stereocenters. The van der Waals surface area contributed by atoms with Gasteiger partial charge in [-0.2, -0.15) is 0 Å². The fourth-order valence-electron chi connectivity index (χ4n) is 3.70. The van der Waals surface area contributed by atoms with Crippen LogP contribution in [0.25, 0.3) is 11.0 Å². The molecule has 1 amide bonds. The summed E-state index contributed by atoms with van der Waals surface area (Å²) in [7, 11) is -2.67. The van der Waals surface area contributed by atoms with E-state index >= 15 is 0 Å². The molecule has 4 rings (SSSR count). The number of aromatic hydroxyl groups is 1. The summed E-state index contributed by atoms with van der Waals surface area (Å²) in [6.07, 6.45) is 1.97. The Hall–Kier alpha value is -4.42. The van der Waals surface area contributed by atoms with Gasteiger partial charge in [-0.3, -0.25) is 9.52 Å². The number of nitrogens with zero attached hydrogens (tertiary/aromatic N) is 2. The number of carbonyl (C=O) groups is 1. The first kappa shape index (κ1) is 27.6. The van der Waals surface area contributed by atoms with Gasteiger partial charge in [0.15, 0.2) is 11.6 Å². The van der Waals surface area contributed by atoms with Gasteiger partial charge in [-0.05, 0) is 43.3 Å². The first-order valence-corrected chi connectivity index (χ1v) is 13.8. The number of phenolic OH excluding ortho intramolecular Hbond substituents is 1. The van der Waals surface area contributed by atoms with E-state index in [4.69, 9.17) is 4.74 Å². The lowest BCUT2D eigenvalue weighted by molar-refractivity contribution is -0.115. The number of unbranched alkanes of at least 4 members (excludes halogenated alkanes) is 1. The SMILES string of the molecule is CCCCNCC(=O)Nc1cccc(S(=O)(=O)Nc2nc3ccccc3nc2Nc2cc(O)cc(OC)c2)c1. The van der Waals surface area contributed by atoms with Crippen LogP contribution in [0.1, 0.15) is 19.8 Å². The Morgan fingerprint density at radius 3 is 2.41 bits per heavy atom. The molecule has 0 fully saturated rings. The number of ether oxygens (including phenoxy) is 1. The molecule has 0 bridgehead atoms. The van der Waals surface area contributed by atoms with Gasteiger partial charge < -0.3 is 25.8 Å². The third kappa shape index (κ3) is 7.33. The predicted octanol–water partition coefficient (Wildman–Crippen LogP) is 4.22. The minimum Gasteiger partial charge on any atom is -0.508 e. The van der Waals surface area contributed by atoms with Crippen LogP contribution in [0.4, 0.5) is 23.0 Å². The van der Waals surface area contributed by atoms with Crippen LogP contribution in [0.2, 0.25) is 0 Å². The highest BCUT2D eigenvalue weighted by Crippen LogP contribution is 2.31. The van der Waals surface area contributed by atoms with Crippen LogP contribution in [0, 0.1) is 0 Å². The monoisotopic (exact) mass is 550 g/mol. The number of hydrogen-bond acceptors (Lipinski definition) is 9. The van der Waals surface area contributed by atoms with Gasteiger partial charge in [-0.1, -0.05) is 31.5 Å². The molecule has 12 heteroatoms. The van der Waals surface area contributed by atoms with Crippen LogP contribution in [-0.2, 0) is 14.8 Å². The Labute approximate surface area is 226 Å². The summed E-state index contributed by atoms with van der Waals surface area (Å²) in [5, 5.41) is 18.8. The largest absolute Gasteiger partial charge is 0.508 e. The van der Waals surface area contributed by atoms with Crippen molar-refractivity contribution >= 4 is 50.0 Å². The number of phenols is 1. The molecule has 0 aliphatic heterocycles. The average Bonchev–Trinajstić information content (AvgIpc) is 2.91. The van der Waals surface area contributed by atoms with Crippen LogP contribution < -0.4 is 25.4 Å². The van der Waals surface area contributed by atoms with Crippen molar-refractivity contribution in [3.63, 3.8) is 0 Å². The quantitative estimate of drug-likeness (QED) is 0.163. The van der Waals surface area contributed by atoms with Gasteiger partial charge in [0.05, 0.1) is 29.6 Å². The Bertz CT molecular complexity index is 1580. The van der Waals surface area contributed by atoms with Crippen molar-refractivity contribution in [3.05, 3.63) is 66.7 Å². The van der Waals surface area contributed by atoms with Gasteiger partial charge >= 0.3 is 0 Å². The summed E-state index contributed by atoms with van der Waals surface area (Å²) >= 11 is 0. The fraction of sp³-hybridized carbons (Fsp3) is 0.222. The van der Waals surface area contributed by atoms with Gasteiger partial charge in [0.1, 0.15) is 11.5 Å². The minimum absolute atomic E-state index is 0.0489. The molecule has 0 saturated carbocycles. The van der Waals surface area contributed by atoms with Gasteiger partial charge in [0.2, 0.25) is 5.91 Å². The van der Waals surface area contributed by atoms with Crippen LogP contribution in [0.3, 0.4) is 0 Å². The van der Waals surface area contributed by atoms with Gasteiger partial charge in [0, 0.05) is 29.6 Å². The van der Waals surface area contributed by atoms with Gasteiger partial charge in [-0.15, -0.1) is 0 Å². The number of hydrogen-bond donors (Lipinski definition) is 5. The van der Waals surface area contributed by atoms with Crippen LogP contribution in [0.15, 0.2) is 71.6 Å². The topological polar surface area (TPSA) is 155 Å². The second kappa shape index (κ2) is 12.4. The van der Waals surface area contributed by atoms with E-state index in [1.54, 1.807) is 42.5 Å². The van der Waals surface area contributed by atoms with Crippen molar-refractivity contribution in [1.29, 1.82) is 0 Å². The lowest BCUT2D eigenvalue weighted by Gasteiger charge is -2.15. The number of methoxy groups -OCH3 is 1. The predicted molar refractivity (Wildman–Crippen MR) is 151 cm³/mol. The Morgan fingerprint density at radius 2 is 1.69 bits per heavy atom. The normalized spacial score (nSPS) is 11.2. The molecular formula is C27H30N6O5S. The second-order valence-corrected chi connectivity index (χ2v) is 10.3. The number of para-hydroxylation sites is 2. The third-order valence-corrected chi connectivity index (χ3v) is 6.95. The van der Waals surface area contributed by atoms with Crippen molar-refractivity contribution < 1.29 is 23.1 Å². The second-order valence-electron chi connectivity index (χ2n) is 8.67. The highest BCUT2D eigenvalue weighted by molar-refractivity contribution is 7.92. The van der Waals surface area contributed by atoms with Crippen molar-refractivity contribution in [2.24, 2.45) is 0 Å². The van der Waals surface area contributed by atoms with Crippen LogP contribution >= 0.6 is 0 Å². The van der Waals surface area contributed by atoms with E-state index in [-0.39, 0.29) is 34.7 Å². The molecule has 3 aromatic carbocycles. The molecule has 5 N–H and O–H groups in total. The maximum absolute atomic E-state index is 13.4. The molecule has 0 unspecified atom stereocenters. The maximum Gasteiger partial charge on any atom is 0.263 e. The molecule has 0 radical (unpaired) electrons. The molecule has 1 aromatic heterocycles. The fourth-order valence-corrected chi connectivity index (χ4v) is 4.76. The van der Waals surface area contributed by atoms with Crippen molar-refractivity contribution in [2.75, 3.05) is 35.6 Å². The number of carbonyl (C=O) groups excluding carboxylic acids is 1. The molecule has 0 aliphatic rings. The summed E-state index contributed by atoms with van der Waals surface area (Å²) in [5.41, 5.74) is 1.77. The number of aromatic nitrogens is 2. The molecule has 39 heavy (non-hydrogen) atoms. The van der Waals surface area contributed by atoms with E-state index in [2.05, 4.69) is 37.6 Å². The first-order valence-electron chi connectivity index (χ1n) is 12.3. The molecule has 0 aliphatic carbocycles. The summed E-state index contributed by atoms with van der Waals surface area (Å²) in [4.78, 5) is 21.2. The minimum atomic E-state index is -4.13. The number of amides is 1. The number of nitrogens with one attached hydrogen (secondary N) is 4. The van der Waals surface area contributed by atoms with E-state index in [1.807, 2.05) is 0 Å². The highest BCUT2D eigenvalue weighted by Gasteiger charge is 2.20. The molecule has 1 heterocycles. The Balaban J connectivity index is 1.61. The van der Waals surface area contributed by atoms with Crippen molar-refractivity contribution in [2.45, 2.75) is 24.7 Å². The van der Waals surface area contributed by atoms with Gasteiger partial charge in [0.25, 0.3) is 10.0 Å². The zero-order chi connectivity index (χ0) is 27.8. The van der Waals surface area contributed by atoms with Crippen molar-refractivity contribution in [3.8, 4) is 11.5 Å². The van der Waals surface area contributed by atoms with E-state index < -0.39 is 10.0 Å². The maximum atomic E-state index is 13.4. The summed E-state index contributed by atoms with van der Waals surface area (Å²) in [6.45, 7) is 2.91. The van der Waals surface area contributed by atoms with Crippen molar-refractivity contribution in [1.82, 2.24) is 15.3 Å². The van der Waals surface area contributed by atoms with E-state index in [0.717, 1.165) is 19.4 Å². The molecule has 204 valence electrons. The first-order chi connectivity index (χ1) is 18.8.